The van der Waals surface area contributed by atoms with Gasteiger partial charge in [0.25, 0.3) is 0 Å². The first-order valence-corrected chi connectivity index (χ1v) is 4.89. The van der Waals surface area contributed by atoms with Gasteiger partial charge in [-0.1, -0.05) is 12.1 Å². The number of aryl methyl sites for hydroxylation is 1. The van der Waals surface area contributed by atoms with Crippen LogP contribution in [0.25, 0.3) is 10.9 Å². The fourth-order valence-corrected chi connectivity index (χ4v) is 2.18. The van der Waals surface area contributed by atoms with Gasteiger partial charge >= 0.3 is 0 Å². The molecule has 0 saturated carbocycles. The molecule has 0 N–H and O–H groups in total. The van der Waals surface area contributed by atoms with E-state index in [0.29, 0.717) is 0 Å². The third-order valence-electron chi connectivity index (χ3n) is 2.21. The first kappa shape index (κ1) is 8.04. The van der Waals surface area contributed by atoms with Crippen LogP contribution in [0.5, 0.6) is 0 Å². The lowest BCUT2D eigenvalue weighted by atomic mass is 10.3. The fraction of sp³-hybridized carbons (Fsp3) is 0.222. The zero-order chi connectivity index (χ0) is 8.72. The molecular weight excluding hydrogens is 263 g/mol. The minimum absolute atomic E-state index is 1.28. The Morgan fingerprint density at radius 1 is 1.33 bits per heavy atom. The zero-order valence-corrected chi connectivity index (χ0v) is 9.24. The van der Waals surface area contributed by atoms with Crippen LogP contribution in [0.3, 0.4) is 0 Å². The largest absolute Gasteiger partial charge is 0.239 e. The second-order valence-electron chi connectivity index (χ2n) is 2.86. The molecule has 1 aromatic carbocycles. The molecule has 0 atom stereocenters. The molecule has 0 aliphatic carbocycles. The predicted molar refractivity (Wildman–Crippen MR) is 56.8 cm³/mol. The van der Waals surface area contributed by atoms with Crippen LogP contribution in [-0.2, 0) is 14.1 Å². The summed E-state index contributed by atoms with van der Waals surface area (Å²) in [6, 6.07) is 8.43. The Balaban J connectivity index is 2.99. The van der Waals surface area contributed by atoms with Crippen LogP contribution < -0.4 is 4.68 Å². The lowest BCUT2D eigenvalue weighted by Gasteiger charge is -1.88. The molecule has 2 aromatic rings. The first-order chi connectivity index (χ1) is 5.72. The monoisotopic (exact) mass is 273 g/mol. The highest BCUT2D eigenvalue weighted by Crippen LogP contribution is 2.16. The van der Waals surface area contributed by atoms with Gasteiger partial charge in [-0.05, 0) is 28.7 Å². The van der Waals surface area contributed by atoms with Crippen molar-refractivity contribution in [1.82, 2.24) is 4.68 Å². The van der Waals surface area contributed by atoms with Crippen LogP contribution in [0.4, 0.5) is 0 Å². The molecule has 1 aromatic heterocycles. The summed E-state index contributed by atoms with van der Waals surface area (Å²) in [6.07, 6.45) is 0. The van der Waals surface area contributed by atoms with Gasteiger partial charge in [0.1, 0.15) is 3.70 Å². The van der Waals surface area contributed by atoms with E-state index in [1.165, 1.54) is 14.6 Å². The van der Waals surface area contributed by atoms with E-state index in [1.54, 1.807) is 0 Å². The van der Waals surface area contributed by atoms with E-state index in [2.05, 4.69) is 70.3 Å². The Kier molecular flexibility index (Phi) is 1.83. The van der Waals surface area contributed by atoms with Crippen molar-refractivity contribution in [1.29, 1.82) is 0 Å². The average Bonchev–Trinajstić information content (AvgIpc) is 2.33. The van der Waals surface area contributed by atoms with Crippen molar-refractivity contribution < 1.29 is 4.68 Å². The SMILES string of the molecule is Cn1c(I)c2ccccc2[n+]1C. The summed E-state index contributed by atoms with van der Waals surface area (Å²) >= 11 is 2.37. The van der Waals surface area contributed by atoms with Gasteiger partial charge < -0.3 is 0 Å². The van der Waals surface area contributed by atoms with Crippen molar-refractivity contribution in [2.45, 2.75) is 0 Å². The second kappa shape index (κ2) is 2.73. The van der Waals surface area contributed by atoms with Gasteiger partial charge in [0, 0.05) is 6.07 Å². The van der Waals surface area contributed by atoms with E-state index in [-0.39, 0.29) is 0 Å². The standard InChI is InChI=1S/C9H10IN2/c1-11-8-6-4-3-5-7(8)9(10)12(11)2/h3-6H,1-2H3/q+1. The Morgan fingerprint density at radius 3 is 2.67 bits per heavy atom. The summed E-state index contributed by atoms with van der Waals surface area (Å²) in [5.41, 5.74) is 1.28. The van der Waals surface area contributed by atoms with E-state index < -0.39 is 0 Å². The Labute approximate surface area is 84.9 Å². The van der Waals surface area contributed by atoms with Gasteiger partial charge in [0.2, 0.25) is 5.52 Å². The van der Waals surface area contributed by atoms with Crippen molar-refractivity contribution in [2.24, 2.45) is 14.1 Å². The van der Waals surface area contributed by atoms with E-state index in [9.17, 15) is 0 Å². The van der Waals surface area contributed by atoms with E-state index in [4.69, 9.17) is 0 Å². The molecule has 0 radical (unpaired) electrons. The molecular formula is C9H10IN2+. The van der Waals surface area contributed by atoms with Crippen LogP contribution in [0, 0.1) is 3.70 Å². The van der Waals surface area contributed by atoms with E-state index in [1.807, 2.05) is 0 Å². The van der Waals surface area contributed by atoms with Crippen molar-refractivity contribution in [2.75, 3.05) is 0 Å². The van der Waals surface area contributed by atoms with Crippen molar-refractivity contribution in [3.63, 3.8) is 0 Å². The number of rotatable bonds is 0. The normalized spacial score (nSPS) is 10.9. The van der Waals surface area contributed by atoms with Gasteiger partial charge in [-0.25, -0.2) is 0 Å². The zero-order valence-electron chi connectivity index (χ0n) is 7.08. The smallest absolute Gasteiger partial charge is 0.150 e. The molecule has 0 spiro atoms. The Morgan fingerprint density at radius 2 is 2.00 bits per heavy atom. The third kappa shape index (κ3) is 0.957. The Hall–Kier alpha value is -0.580. The molecule has 2 rings (SSSR count). The Bertz CT molecular complexity index is 392. The number of hydrogen-bond donors (Lipinski definition) is 0. The van der Waals surface area contributed by atoms with Crippen molar-refractivity contribution in [3.05, 3.63) is 28.0 Å². The molecule has 0 bridgehead atoms. The lowest BCUT2D eigenvalue weighted by molar-refractivity contribution is -0.729. The summed E-state index contributed by atoms with van der Waals surface area (Å²) in [5, 5.41) is 1.32. The van der Waals surface area contributed by atoms with Gasteiger partial charge in [-0.15, -0.1) is 9.36 Å². The predicted octanol–water partition coefficient (Wildman–Crippen LogP) is 1.61. The summed E-state index contributed by atoms with van der Waals surface area (Å²) in [4.78, 5) is 0. The van der Waals surface area contributed by atoms with Gasteiger partial charge in [0.15, 0.2) is 7.05 Å². The van der Waals surface area contributed by atoms with Crippen LogP contribution >= 0.6 is 22.6 Å². The van der Waals surface area contributed by atoms with E-state index in [0.717, 1.165) is 0 Å². The molecule has 2 nitrogen and oxygen atoms in total. The molecule has 1 heterocycles. The summed E-state index contributed by atoms with van der Waals surface area (Å²) in [6.45, 7) is 0. The second-order valence-corrected chi connectivity index (χ2v) is 3.88. The number of nitrogens with zero attached hydrogens (tertiary/aromatic N) is 2. The highest BCUT2D eigenvalue weighted by molar-refractivity contribution is 14.1. The van der Waals surface area contributed by atoms with E-state index >= 15 is 0 Å². The first-order valence-electron chi connectivity index (χ1n) is 3.81. The van der Waals surface area contributed by atoms with Crippen LogP contribution in [0.2, 0.25) is 0 Å². The lowest BCUT2D eigenvalue weighted by Crippen LogP contribution is -2.37. The molecule has 0 unspecified atom stereocenters. The molecule has 62 valence electrons. The summed E-state index contributed by atoms with van der Waals surface area (Å²) < 4.78 is 5.58. The van der Waals surface area contributed by atoms with Crippen LogP contribution in [0.1, 0.15) is 0 Å². The number of hydrogen-bond acceptors (Lipinski definition) is 0. The van der Waals surface area contributed by atoms with Gasteiger partial charge in [-0.3, -0.25) is 0 Å². The minimum atomic E-state index is 1.28. The summed E-state index contributed by atoms with van der Waals surface area (Å²) in [5.74, 6) is 0. The number of aromatic nitrogens is 2. The number of benzene rings is 1. The maximum atomic E-state index is 2.37. The van der Waals surface area contributed by atoms with Crippen molar-refractivity contribution in [3.8, 4) is 0 Å². The highest BCUT2D eigenvalue weighted by Gasteiger charge is 2.14. The topological polar surface area (TPSA) is 8.81 Å². The quantitative estimate of drug-likeness (QED) is 0.509. The molecule has 0 aliphatic rings. The average molecular weight is 273 g/mol. The highest BCUT2D eigenvalue weighted by atomic mass is 127. The number of para-hydroxylation sites is 1. The number of halogens is 1. The van der Waals surface area contributed by atoms with Crippen LogP contribution in [-0.4, -0.2) is 4.68 Å². The maximum absolute atomic E-state index is 2.37. The molecule has 0 fully saturated rings. The van der Waals surface area contributed by atoms with Gasteiger partial charge in [0.05, 0.1) is 12.4 Å². The molecule has 0 aliphatic heterocycles. The molecule has 0 amide bonds. The third-order valence-corrected chi connectivity index (χ3v) is 3.49. The summed E-state index contributed by atoms with van der Waals surface area (Å²) in [7, 11) is 4.15. The van der Waals surface area contributed by atoms with Gasteiger partial charge in [-0.2, -0.15) is 0 Å². The molecule has 3 heteroatoms. The molecule has 12 heavy (non-hydrogen) atoms. The maximum Gasteiger partial charge on any atom is 0.239 e. The minimum Gasteiger partial charge on any atom is -0.150 e. The fourth-order valence-electron chi connectivity index (χ4n) is 1.40. The van der Waals surface area contributed by atoms with Crippen molar-refractivity contribution >= 4 is 33.5 Å². The van der Waals surface area contributed by atoms with Crippen LogP contribution in [0.15, 0.2) is 24.3 Å². The molecule has 0 saturated heterocycles. The number of fused-ring (bicyclic) bond motifs is 1.